The zero-order chi connectivity index (χ0) is 9.40. The average molecular weight is 204 g/mol. The zero-order valence-corrected chi connectivity index (χ0v) is 8.83. The summed E-state index contributed by atoms with van der Waals surface area (Å²) >= 11 is 9.66. The third kappa shape index (κ3) is 6.24. The summed E-state index contributed by atoms with van der Waals surface area (Å²) in [5, 5.41) is 0.860. The van der Waals surface area contributed by atoms with Gasteiger partial charge in [-0.25, -0.2) is 0 Å². The summed E-state index contributed by atoms with van der Waals surface area (Å²) in [6, 6.07) is 0. The van der Waals surface area contributed by atoms with Crippen molar-refractivity contribution in [1.29, 1.82) is 0 Å². The van der Waals surface area contributed by atoms with Gasteiger partial charge in [0.25, 0.3) is 0 Å². The van der Waals surface area contributed by atoms with Crippen molar-refractivity contribution in [3.63, 3.8) is 0 Å². The van der Waals surface area contributed by atoms with E-state index in [-0.39, 0.29) is 0 Å². The molecule has 0 aromatic carbocycles. The molecule has 0 aromatic heterocycles. The lowest BCUT2D eigenvalue weighted by atomic mass is 10.5. The Bertz CT molecular complexity index is 167. The van der Waals surface area contributed by atoms with Crippen LogP contribution in [0.5, 0.6) is 0 Å². The molecular weight excluding hydrogens is 192 g/mol. The Morgan fingerprint density at radius 1 is 1.00 bits per heavy atom. The molecule has 0 rings (SSSR count). The molecule has 0 unspecified atom stereocenters. The van der Waals surface area contributed by atoms with E-state index in [1.807, 2.05) is 13.8 Å². The molecule has 0 saturated carbocycles. The molecule has 0 bridgehead atoms. The van der Waals surface area contributed by atoms with Crippen LogP contribution in [-0.4, -0.2) is 23.3 Å². The molecule has 0 atom stereocenters. The second-order valence-electron chi connectivity index (χ2n) is 1.84. The van der Waals surface area contributed by atoms with Gasteiger partial charge in [-0.2, -0.15) is 0 Å². The molecule has 0 amide bonds. The monoisotopic (exact) mass is 204 g/mol. The first-order valence-electron chi connectivity index (χ1n) is 3.72. The van der Waals surface area contributed by atoms with Gasteiger partial charge in [0.2, 0.25) is 0 Å². The number of ether oxygens (including phenoxy) is 2. The van der Waals surface area contributed by atoms with Gasteiger partial charge in [-0.15, -0.1) is 0 Å². The van der Waals surface area contributed by atoms with Crippen molar-refractivity contribution in [2.24, 2.45) is 0 Å². The lowest BCUT2D eigenvalue weighted by Crippen LogP contribution is -2.00. The predicted octanol–water partition coefficient (Wildman–Crippen LogP) is 2.27. The van der Waals surface area contributed by atoms with Gasteiger partial charge in [0.15, 0.2) is 10.1 Å². The molecule has 4 heteroatoms. The van der Waals surface area contributed by atoms with E-state index >= 15 is 0 Å². The highest BCUT2D eigenvalue weighted by Crippen LogP contribution is 1.89. The van der Waals surface area contributed by atoms with Gasteiger partial charge in [0.05, 0.1) is 13.2 Å². The van der Waals surface area contributed by atoms with Gasteiger partial charge in [-0.3, -0.25) is 0 Å². The van der Waals surface area contributed by atoms with E-state index in [2.05, 4.69) is 0 Å². The highest BCUT2D eigenvalue weighted by atomic mass is 32.1. The van der Waals surface area contributed by atoms with E-state index in [9.17, 15) is 0 Å². The van der Waals surface area contributed by atoms with Gasteiger partial charge >= 0.3 is 0 Å². The van der Waals surface area contributed by atoms with Crippen LogP contribution in [0.1, 0.15) is 13.8 Å². The van der Waals surface area contributed by atoms with Crippen LogP contribution in [0.15, 0.2) is 12.2 Å². The lowest BCUT2D eigenvalue weighted by Gasteiger charge is -1.99. The fraction of sp³-hybridized carbons (Fsp3) is 0.500. The standard InChI is InChI=1S/C8H12O2S2/c1-3-9-7(11)5-6-8(12)10-4-2/h5-6H,3-4H2,1-2H3/b6-5+. The van der Waals surface area contributed by atoms with Crippen LogP contribution in [0.2, 0.25) is 0 Å². The van der Waals surface area contributed by atoms with E-state index in [4.69, 9.17) is 33.9 Å². The Labute approximate surface area is 83.5 Å². The van der Waals surface area contributed by atoms with E-state index < -0.39 is 0 Å². The summed E-state index contributed by atoms with van der Waals surface area (Å²) < 4.78 is 10.00. The van der Waals surface area contributed by atoms with Crippen molar-refractivity contribution in [3.05, 3.63) is 12.2 Å². The maximum absolute atomic E-state index is 5.00. The van der Waals surface area contributed by atoms with E-state index in [0.717, 1.165) is 0 Å². The maximum atomic E-state index is 5.00. The first kappa shape index (κ1) is 11.5. The van der Waals surface area contributed by atoms with Crippen molar-refractivity contribution in [1.82, 2.24) is 0 Å². The SMILES string of the molecule is CCOC(=S)/C=C/C(=S)OCC. The molecular formula is C8H12O2S2. The first-order valence-corrected chi connectivity index (χ1v) is 4.54. The molecule has 0 aromatic rings. The van der Waals surface area contributed by atoms with Crippen molar-refractivity contribution in [2.75, 3.05) is 13.2 Å². The van der Waals surface area contributed by atoms with Gasteiger partial charge in [0.1, 0.15) is 0 Å². The van der Waals surface area contributed by atoms with Crippen LogP contribution in [0.4, 0.5) is 0 Å². The number of thiocarbonyl (C=S) groups is 2. The highest BCUT2D eigenvalue weighted by Gasteiger charge is 1.91. The topological polar surface area (TPSA) is 18.5 Å². The summed E-state index contributed by atoms with van der Waals surface area (Å²) in [6.07, 6.45) is 3.24. The highest BCUT2D eigenvalue weighted by molar-refractivity contribution is 7.80. The van der Waals surface area contributed by atoms with E-state index in [1.165, 1.54) is 0 Å². The van der Waals surface area contributed by atoms with Crippen molar-refractivity contribution < 1.29 is 9.47 Å². The molecule has 0 aliphatic carbocycles. The van der Waals surface area contributed by atoms with Gasteiger partial charge in [0, 0.05) is 0 Å². The molecule has 68 valence electrons. The van der Waals surface area contributed by atoms with Crippen LogP contribution in [-0.2, 0) is 9.47 Å². The fourth-order valence-corrected chi connectivity index (χ4v) is 0.889. The molecule has 0 N–H and O–H groups in total. The van der Waals surface area contributed by atoms with Gasteiger partial charge in [-0.05, 0) is 50.4 Å². The van der Waals surface area contributed by atoms with Crippen LogP contribution in [0.3, 0.4) is 0 Å². The molecule has 2 nitrogen and oxygen atoms in total. The summed E-state index contributed by atoms with van der Waals surface area (Å²) in [5.74, 6) is 0. The smallest absolute Gasteiger partial charge is 0.183 e. The molecule has 0 fully saturated rings. The quantitative estimate of drug-likeness (QED) is 0.516. The second-order valence-corrected chi connectivity index (χ2v) is 2.64. The van der Waals surface area contributed by atoms with Crippen molar-refractivity contribution in [2.45, 2.75) is 13.8 Å². The van der Waals surface area contributed by atoms with Gasteiger partial charge in [-0.1, -0.05) is 0 Å². The third-order valence-electron chi connectivity index (χ3n) is 0.929. The van der Waals surface area contributed by atoms with Crippen LogP contribution in [0.25, 0.3) is 0 Å². The van der Waals surface area contributed by atoms with E-state index in [0.29, 0.717) is 23.3 Å². The summed E-state index contributed by atoms with van der Waals surface area (Å²) in [5.41, 5.74) is 0. The Balaban J connectivity index is 3.73. The van der Waals surface area contributed by atoms with Gasteiger partial charge < -0.3 is 9.47 Å². The normalized spacial score (nSPS) is 9.83. The Morgan fingerprint density at radius 3 is 1.58 bits per heavy atom. The molecule has 0 heterocycles. The average Bonchev–Trinajstić information content (AvgIpc) is 2.02. The molecule has 0 radical (unpaired) electrons. The first-order chi connectivity index (χ1) is 5.70. The van der Waals surface area contributed by atoms with Crippen LogP contribution >= 0.6 is 24.4 Å². The maximum Gasteiger partial charge on any atom is 0.183 e. The minimum Gasteiger partial charge on any atom is -0.484 e. The fourth-order valence-electron chi connectivity index (χ4n) is 0.517. The molecule has 0 spiro atoms. The molecule has 0 aliphatic rings. The molecule has 12 heavy (non-hydrogen) atoms. The van der Waals surface area contributed by atoms with Crippen molar-refractivity contribution >= 4 is 34.5 Å². The molecule has 0 aliphatic heterocycles. The third-order valence-corrected chi connectivity index (χ3v) is 1.44. The Morgan fingerprint density at radius 2 is 1.33 bits per heavy atom. The number of rotatable bonds is 4. The Kier molecular flexibility index (Phi) is 6.90. The minimum absolute atomic E-state index is 0.430. The zero-order valence-electron chi connectivity index (χ0n) is 7.20. The van der Waals surface area contributed by atoms with Crippen molar-refractivity contribution in [3.8, 4) is 0 Å². The minimum atomic E-state index is 0.430. The van der Waals surface area contributed by atoms with Crippen LogP contribution in [0, 0.1) is 0 Å². The number of hydrogen-bond acceptors (Lipinski definition) is 4. The second kappa shape index (κ2) is 7.18. The number of hydrogen-bond donors (Lipinski definition) is 0. The van der Waals surface area contributed by atoms with E-state index in [1.54, 1.807) is 12.2 Å². The summed E-state index contributed by atoms with van der Waals surface area (Å²) in [4.78, 5) is 0. The molecule has 0 saturated heterocycles. The van der Waals surface area contributed by atoms with Crippen LogP contribution < -0.4 is 0 Å². The Hall–Kier alpha value is -0.480. The predicted molar refractivity (Wildman–Crippen MR) is 57.6 cm³/mol. The summed E-state index contributed by atoms with van der Waals surface area (Å²) in [7, 11) is 0. The lowest BCUT2D eigenvalue weighted by molar-refractivity contribution is 0.336. The summed E-state index contributed by atoms with van der Waals surface area (Å²) in [6.45, 7) is 4.90. The largest absolute Gasteiger partial charge is 0.484 e.